The fraction of sp³-hybridized carbons (Fsp3) is 0.645. The van der Waals surface area contributed by atoms with Gasteiger partial charge in [-0.05, 0) is 51.2 Å². The molecule has 2 fully saturated rings. The van der Waals surface area contributed by atoms with Gasteiger partial charge in [-0.1, -0.05) is 76.4 Å². The van der Waals surface area contributed by atoms with Crippen molar-refractivity contribution in [3.05, 3.63) is 31.9 Å². The normalized spacial score (nSPS) is 17.0. The van der Waals surface area contributed by atoms with Crippen LogP contribution >= 0.6 is 24.0 Å². The van der Waals surface area contributed by atoms with Crippen LogP contribution < -0.4 is 10.5 Å². The second-order valence-electron chi connectivity index (χ2n) is 10.8. The molecule has 2 aliphatic heterocycles. The van der Waals surface area contributed by atoms with Crippen LogP contribution in [-0.4, -0.2) is 51.9 Å². The van der Waals surface area contributed by atoms with Gasteiger partial charge in [-0.25, -0.2) is 0 Å². The van der Waals surface area contributed by atoms with Gasteiger partial charge in [0.15, 0.2) is 0 Å². The number of ether oxygens (including phenoxy) is 1. The largest absolute Gasteiger partial charge is 0.466 e. The summed E-state index contributed by atoms with van der Waals surface area (Å²) in [6.45, 7) is 10.4. The van der Waals surface area contributed by atoms with Gasteiger partial charge in [-0.15, -0.1) is 0 Å². The Bertz CT molecular complexity index is 1240. The highest BCUT2D eigenvalue weighted by atomic mass is 32.2. The molecule has 0 spiro atoms. The van der Waals surface area contributed by atoms with Gasteiger partial charge in [0.1, 0.15) is 21.8 Å². The summed E-state index contributed by atoms with van der Waals surface area (Å²) in [7, 11) is 0. The van der Waals surface area contributed by atoms with Crippen LogP contribution in [0.2, 0.25) is 0 Å². The number of pyridine rings is 1. The van der Waals surface area contributed by atoms with Crippen molar-refractivity contribution in [3.63, 3.8) is 0 Å². The molecule has 0 aliphatic carbocycles. The van der Waals surface area contributed by atoms with Gasteiger partial charge < -0.3 is 9.64 Å². The topological polar surface area (TPSA) is 95.6 Å². The fourth-order valence-electron chi connectivity index (χ4n) is 5.47. The van der Waals surface area contributed by atoms with Crippen molar-refractivity contribution >= 4 is 52.1 Å². The number of nitriles is 1. The quantitative estimate of drug-likeness (QED) is 0.108. The van der Waals surface area contributed by atoms with Crippen molar-refractivity contribution in [2.75, 3.05) is 31.1 Å². The lowest BCUT2D eigenvalue weighted by Gasteiger charge is -2.35. The molecule has 1 amide bonds. The van der Waals surface area contributed by atoms with E-state index in [2.05, 4.69) is 24.8 Å². The second-order valence-corrected chi connectivity index (χ2v) is 12.4. The molecule has 3 rings (SSSR count). The molecule has 1 aromatic rings. The van der Waals surface area contributed by atoms with E-state index in [0.29, 0.717) is 71.8 Å². The molecule has 8 nitrogen and oxygen atoms in total. The monoisotopic (exact) mass is 600 g/mol. The summed E-state index contributed by atoms with van der Waals surface area (Å²) in [5.74, 6) is 0.233. The molecule has 2 saturated heterocycles. The van der Waals surface area contributed by atoms with E-state index in [-0.39, 0.29) is 28.9 Å². The first-order valence-corrected chi connectivity index (χ1v) is 16.4. The summed E-state index contributed by atoms with van der Waals surface area (Å²) in [4.78, 5) is 43.7. The standard InChI is InChI=1S/C31H44N4O4S2/c1-5-8-10-11-12-13-17-35-29(37)26(41-31(35)40)20-24-22(4)25(21-32)28(36)34(16-9-6-2)27(24)33-18-14-23(15-19-33)30(38)39-7-3/h20,23H,5-19H2,1-4H3. The zero-order valence-electron chi connectivity index (χ0n) is 25.0. The summed E-state index contributed by atoms with van der Waals surface area (Å²) in [6, 6.07) is 2.12. The molecule has 0 saturated carbocycles. The summed E-state index contributed by atoms with van der Waals surface area (Å²) >= 11 is 6.88. The maximum Gasteiger partial charge on any atom is 0.309 e. The summed E-state index contributed by atoms with van der Waals surface area (Å²) < 4.78 is 7.49. The molecular weight excluding hydrogens is 556 g/mol. The molecule has 1 aromatic heterocycles. The van der Waals surface area contributed by atoms with Crippen molar-refractivity contribution in [2.45, 2.75) is 98.4 Å². The van der Waals surface area contributed by atoms with Gasteiger partial charge in [-0.3, -0.25) is 23.9 Å². The lowest BCUT2D eigenvalue weighted by Crippen LogP contribution is -2.41. The Hall–Kier alpha value is -2.64. The Morgan fingerprint density at radius 3 is 2.34 bits per heavy atom. The SMILES string of the molecule is CCCCCCCCN1C(=O)C(=Cc2c(C)c(C#N)c(=O)n(CCCC)c2N2CCC(C(=O)OCC)CC2)SC1=S. The number of amides is 1. The molecule has 0 atom stereocenters. The van der Waals surface area contributed by atoms with E-state index in [0.717, 1.165) is 32.1 Å². The van der Waals surface area contributed by atoms with Gasteiger partial charge in [0.25, 0.3) is 11.5 Å². The van der Waals surface area contributed by atoms with E-state index in [1.807, 2.05) is 13.0 Å². The summed E-state index contributed by atoms with van der Waals surface area (Å²) in [5, 5.41) is 9.94. The van der Waals surface area contributed by atoms with Crippen LogP contribution in [0, 0.1) is 24.2 Å². The van der Waals surface area contributed by atoms with Crippen LogP contribution in [0.25, 0.3) is 6.08 Å². The number of nitrogens with zero attached hydrogens (tertiary/aromatic N) is 4. The van der Waals surface area contributed by atoms with Gasteiger partial charge in [-0.2, -0.15) is 5.26 Å². The van der Waals surface area contributed by atoms with Crippen molar-refractivity contribution in [3.8, 4) is 6.07 Å². The Balaban J connectivity index is 1.97. The van der Waals surface area contributed by atoms with Gasteiger partial charge in [0.2, 0.25) is 0 Å². The van der Waals surface area contributed by atoms with E-state index < -0.39 is 0 Å². The van der Waals surface area contributed by atoms with Crippen molar-refractivity contribution in [2.24, 2.45) is 5.92 Å². The molecule has 0 aromatic carbocycles. The Kier molecular flexibility index (Phi) is 12.9. The van der Waals surface area contributed by atoms with Crippen molar-refractivity contribution in [1.82, 2.24) is 9.47 Å². The average molecular weight is 601 g/mol. The van der Waals surface area contributed by atoms with Gasteiger partial charge in [0.05, 0.1) is 17.4 Å². The zero-order valence-corrected chi connectivity index (χ0v) is 26.6. The number of hydrogen-bond acceptors (Lipinski definition) is 8. The third-order valence-electron chi connectivity index (χ3n) is 7.88. The highest BCUT2D eigenvalue weighted by Gasteiger charge is 2.34. The minimum Gasteiger partial charge on any atom is -0.466 e. The number of piperidine rings is 1. The highest BCUT2D eigenvalue weighted by molar-refractivity contribution is 8.26. The van der Waals surface area contributed by atoms with Crippen LogP contribution in [0.15, 0.2) is 9.70 Å². The maximum absolute atomic E-state index is 13.5. The molecule has 0 radical (unpaired) electrons. The van der Waals surface area contributed by atoms with Gasteiger partial charge >= 0.3 is 5.97 Å². The Morgan fingerprint density at radius 2 is 1.71 bits per heavy atom. The first-order valence-electron chi connectivity index (χ1n) is 15.1. The van der Waals surface area contributed by atoms with E-state index >= 15 is 0 Å². The first kappa shape index (κ1) is 32.9. The van der Waals surface area contributed by atoms with Crippen LogP contribution in [0.5, 0.6) is 0 Å². The predicted octanol–water partition coefficient (Wildman–Crippen LogP) is 6.17. The lowest BCUT2D eigenvalue weighted by molar-refractivity contribution is -0.148. The minimum absolute atomic E-state index is 0.0973. The smallest absolute Gasteiger partial charge is 0.309 e. The number of anilines is 1. The predicted molar refractivity (Wildman–Crippen MR) is 170 cm³/mol. The van der Waals surface area contributed by atoms with Crippen LogP contribution in [0.3, 0.4) is 0 Å². The maximum atomic E-state index is 13.5. The second kappa shape index (κ2) is 16.1. The molecule has 10 heteroatoms. The molecule has 0 unspecified atom stereocenters. The number of rotatable bonds is 14. The average Bonchev–Trinajstić information content (AvgIpc) is 3.23. The molecule has 0 N–H and O–H groups in total. The number of unbranched alkanes of at least 4 members (excludes halogenated alkanes) is 6. The number of hydrogen-bond donors (Lipinski definition) is 0. The molecular formula is C31H44N4O4S2. The van der Waals surface area contributed by atoms with Gasteiger partial charge in [0, 0.05) is 31.7 Å². The molecule has 3 heterocycles. The van der Waals surface area contributed by atoms with E-state index in [1.54, 1.807) is 16.4 Å². The number of aromatic nitrogens is 1. The van der Waals surface area contributed by atoms with E-state index in [4.69, 9.17) is 17.0 Å². The van der Waals surface area contributed by atoms with E-state index in [9.17, 15) is 19.6 Å². The Morgan fingerprint density at radius 1 is 1.05 bits per heavy atom. The van der Waals surface area contributed by atoms with E-state index in [1.165, 1.54) is 31.0 Å². The highest BCUT2D eigenvalue weighted by Crippen LogP contribution is 2.37. The molecule has 41 heavy (non-hydrogen) atoms. The zero-order chi connectivity index (χ0) is 29.9. The van der Waals surface area contributed by atoms with Crippen LogP contribution in [0.1, 0.15) is 102 Å². The first-order chi connectivity index (χ1) is 19.8. The van der Waals surface area contributed by atoms with Crippen molar-refractivity contribution in [1.29, 1.82) is 5.26 Å². The van der Waals surface area contributed by atoms with Crippen LogP contribution in [-0.2, 0) is 20.9 Å². The number of thiocarbonyl (C=S) groups is 1. The lowest BCUT2D eigenvalue weighted by atomic mass is 9.95. The number of thioether (sulfide) groups is 1. The Labute approximate surface area is 254 Å². The van der Waals surface area contributed by atoms with Crippen LogP contribution in [0.4, 0.5) is 5.82 Å². The summed E-state index contributed by atoms with van der Waals surface area (Å²) in [6.07, 6.45) is 11.5. The number of carbonyl (C=O) groups excluding carboxylic acids is 2. The molecule has 224 valence electrons. The number of esters is 1. The number of carbonyl (C=O) groups is 2. The minimum atomic E-state index is -0.311. The molecule has 2 aliphatic rings. The molecule has 0 bridgehead atoms. The summed E-state index contributed by atoms with van der Waals surface area (Å²) in [5.41, 5.74) is 1.05. The third kappa shape index (κ3) is 8.01. The third-order valence-corrected chi connectivity index (χ3v) is 9.26. The fourth-order valence-corrected chi connectivity index (χ4v) is 6.76. The van der Waals surface area contributed by atoms with Crippen molar-refractivity contribution < 1.29 is 14.3 Å².